The highest BCUT2D eigenvalue weighted by Crippen LogP contribution is 2.26. The number of carbonyl (C=O) groups is 2. The summed E-state index contributed by atoms with van der Waals surface area (Å²) in [5, 5.41) is 9.23. The number of nitrogens with zero attached hydrogens (tertiary/aromatic N) is 1. The Morgan fingerprint density at radius 3 is 2.41 bits per heavy atom. The van der Waals surface area contributed by atoms with Crippen molar-refractivity contribution in [3.05, 3.63) is 30.1 Å². The monoisotopic (exact) mass is 239 g/mol. The van der Waals surface area contributed by atoms with Gasteiger partial charge >= 0.3 is 11.9 Å². The first kappa shape index (κ1) is 13.1. The van der Waals surface area contributed by atoms with Crippen LogP contribution in [0.3, 0.4) is 0 Å². The second-order valence-corrected chi connectivity index (χ2v) is 3.15. The van der Waals surface area contributed by atoms with Gasteiger partial charge < -0.3 is 14.6 Å². The van der Waals surface area contributed by atoms with Crippen molar-refractivity contribution in [2.75, 3.05) is 13.7 Å². The standard InChI is InChI=1S/C11H13NO5/c1-3-17-10(15)11(16-2,9(13)14)8-4-6-12-7-5-8/h4-7H,3H2,1-2H3,(H,13,14). The fourth-order valence-electron chi connectivity index (χ4n) is 1.44. The molecule has 1 unspecified atom stereocenters. The van der Waals surface area contributed by atoms with Crippen LogP contribution in [0.1, 0.15) is 12.5 Å². The summed E-state index contributed by atoms with van der Waals surface area (Å²) in [4.78, 5) is 26.9. The van der Waals surface area contributed by atoms with Gasteiger partial charge in [-0.3, -0.25) is 4.98 Å². The van der Waals surface area contributed by atoms with Gasteiger partial charge in [0.05, 0.1) is 6.61 Å². The lowest BCUT2D eigenvalue weighted by Gasteiger charge is -2.25. The number of carbonyl (C=O) groups excluding carboxylic acids is 1. The molecule has 0 aliphatic rings. The second kappa shape index (κ2) is 5.40. The molecule has 1 heterocycles. The van der Waals surface area contributed by atoms with E-state index in [0.29, 0.717) is 0 Å². The van der Waals surface area contributed by atoms with Gasteiger partial charge in [0.25, 0.3) is 5.60 Å². The summed E-state index contributed by atoms with van der Waals surface area (Å²) in [7, 11) is 1.14. The normalized spacial score (nSPS) is 13.8. The summed E-state index contributed by atoms with van der Waals surface area (Å²) in [6.07, 6.45) is 2.76. The molecule has 6 nitrogen and oxygen atoms in total. The van der Waals surface area contributed by atoms with E-state index < -0.39 is 17.5 Å². The van der Waals surface area contributed by atoms with E-state index in [-0.39, 0.29) is 12.2 Å². The number of rotatable bonds is 5. The third-order valence-corrected chi connectivity index (χ3v) is 2.26. The van der Waals surface area contributed by atoms with Crippen LogP contribution >= 0.6 is 0 Å². The lowest BCUT2D eigenvalue weighted by Crippen LogP contribution is -2.46. The molecule has 1 N–H and O–H groups in total. The zero-order chi connectivity index (χ0) is 12.9. The molecule has 1 aromatic rings. The molecule has 6 heteroatoms. The maximum atomic E-state index is 11.8. The average Bonchev–Trinajstić information content (AvgIpc) is 2.32. The van der Waals surface area contributed by atoms with E-state index in [0.717, 1.165) is 7.11 Å². The van der Waals surface area contributed by atoms with E-state index in [2.05, 4.69) is 4.98 Å². The molecule has 0 aliphatic heterocycles. The summed E-state index contributed by atoms with van der Waals surface area (Å²) in [5.74, 6) is -2.38. The van der Waals surface area contributed by atoms with Crippen LogP contribution in [0.15, 0.2) is 24.5 Å². The van der Waals surface area contributed by atoms with Crippen molar-refractivity contribution in [1.82, 2.24) is 4.98 Å². The van der Waals surface area contributed by atoms with E-state index in [1.165, 1.54) is 24.5 Å². The third-order valence-electron chi connectivity index (χ3n) is 2.26. The Bertz CT molecular complexity index is 406. The smallest absolute Gasteiger partial charge is 0.355 e. The Balaban J connectivity index is 3.28. The van der Waals surface area contributed by atoms with Crippen LogP contribution in [0.2, 0.25) is 0 Å². The Morgan fingerprint density at radius 2 is 2.00 bits per heavy atom. The van der Waals surface area contributed by atoms with Crippen molar-refractivity contribution in [2.24, 2.45) is 0 Å². The van der Waals surface area contributed by atoms with Crippen LogP contribution in [-0.2, 0) is 24.7 Å². The quantitative estimate of drug-likeness (QED) is 0.597. The number of hydrogen-bond acceptors (Lipinski definition) is 5. The molecule has 17 heavy (non-hydrogen) atoms. The predicted molar refractivity (Wildman–Crippen MR) is 57.2 cm³/mol. The summed E-state index contributed by atoms with van der Waals surface area (Å²) >= 11 is 0. The van der Waals surface area contributed by atoms with Crippen LogP contribution in [-0.4, -0.2) is 35.7 Å². The van der Waals surface area contributed by atoms with Crippen molar-refractivity contribution in [2.45, 2.75) is 12.5 Å². The van der Waals surface area contributed by atoms with Gasteiger partial charge in [-0.05, 0) is 19.1 Å². The molecule has 0 bridgehead atoms. The molecule has 92 valence electrons. The van der Waals surface area contributed by atoms with E-state index in [1.54, 1.807) is 6.92 Å². The van der Waals surface area contributed by atoms with Crippen LogP contribution in [0, 0.1) is 0 Å². The van der Waals surface area contributed by atoms with Gasteiger partial charge in [0.2, 0.25) is 0 Å². The first-order chi connectivity index (χ1) is 8.09. The van der Waals surface area contributed by atoms with Gasteiger partial charge in [-0.1, -0.05) is 0 Å². The highest BCUT2D eigenvalue weighted by atomic mass is 16.6. The van der Waals surface area contributed by atoms with Crippen LogP contribution in [0.25, 0.3) is 0 Å². The molecule has 0 aromatic carbocycles. The first-order valence-corrected chi connectivity index (χ1v) is 4.95. The topological polar surface area (TPSA) is 85.7 Å². The van der Waals surface area contributed by atoms with Gasteiger partial charge in [0.15, 0.2) is 0 Å². The maximum absolute atomic E-state index is 11.8. The average molecular weight is 239 g/mol. The summed E-state index contributed by atoms with van der Waals surface area (Å²) in [5.41, 5.74) is -1.97. The molecular formula is C11H13NO5. The number of methoxy groups -OCH3 is 1. The Labute approximate surface area is 98.2 Å². The second-order valence-electron chi connectivity index (χ2n) is 3.15. The molecule has 1 atom stereocenters. The molecule has 0 fully saturated rings. The Kier molecular flexibility index (Phi) is 4.17. The van der Waals surface area contributed by atoms with Gasteiger partial charge in [-0.25, -0.2) is 9.59 Å². The molecule has 0 saturated heterocycles. The number of aliphatic carboxylic acids is 1. The number of pyridine rings is 1. The van der Waals surface area contributed by atoms with Crippen molar-refractivity contribution in [3.8, 4) is 0 Å². The minimum absolute atomic E-state index is 0.0717. The lowest BCUT2D eigenvalue weighted by atomic mass is 9.94. The van der Waals surface area contributed by atoms with E-state index >= 15 is 0 Å². The van der Waals surface area contributed by atoms with E-state index in [1.807, 2.05) is 0 Å². The molecule has 1 aromatic heterocycles. The van der Waals surface area contributed by atoms with Crippen molar-refractivity contribution < 1.29 is 24.2 Å². The third kappa shape index (κ3) is 2.26. The van der Waals surface area contributed by atoms with Crippen LogP contribution in [0.5, 0.6) is 0 Å². The zero-order valence-electron chi connectivity index (χ0n) is 9.54. The number of aromatic nitrogens is 1. The zero-order valence-corrected chi connectivity index (χ0v) is 9.54. The Morgan fingerprint density at radius 1 is 1.41 bits per heavy atom. The highest BCUT2D eigenvalue weighted by molar-refractivity contribution is 6.03. The fourth-order valence-corrected chi connectivity index (χ4v) is 1.44. The molecular weight excluding hydrogens is 226 g/mol. The molecule has 0 aliphatic carbocycles. The van der Waals surface area contributed by atoms with Gasteiger partial charge in [-0.15, -0.1) is 0 Å². The number of carboxylic acid groups (broad SMARTS) is 1. The molecule has 0 radical (unpaired) electrons. The molecule has 0 amide bonds. The highest BCUT2D eigenvalue weighted by Gasteiger charge is 2.50. The van der Waals surface area contributed by atoms with Crippen molar-refractivity contribution in [1.29, 1.82) is 0 Å². The van der Waals surface area contributed by atoms with Gasteiger partial charge in [-0.2, -0.15) is 0 Å². The minimum atomic E-state index is -2.14. The van der Waals surface area contributed by atoms with E-state index in [4.69, 9.17) is 9.47 Å². The summed E-state index contributed by atoms with van der Waals surface area (Å²) < 4.78 is 9.65. The first-order valence-electron chi connectivity index (χ1n) is 4.95. The number of esters is 1. The maximum Gasteiger partial charge on any atom is 0.355 e. The largest absolute Gasteiger partial charge is 0.478 e. The molecule has 0 saturated carbocycles. The lowest BCUT2D eigenvalue weighted by molar-refractivity contribution is -0.185. The Hall–Kier alpha value is -1.95. The molecule has 1 rings (SSSR count). The number of carboxylic acids is 1. The van der Waals surface area contributed by atoms with Crippen LogP contribution in [0.4, 0.5) is 0 Å². The SMILES string of the molecule is CCOC(=O)C(OC)(C(=O)O)c1ccncc1. The van der Waals surface area contributed by atoms with E-state index in [9.17, 15) is 14.7 Å². The fraction of sp³-hybridized carbons (Fsp3) is 0.364. The van der Waals surface area contributed by atoms with Gasteiger partial charge in [0.1, 0.15) is 0 Å². The molecule has 0 spiro atoms. The minimum Gasteiger partial charge on any atom is -0.478 e. The predicted octanol–water partition coefficient (Wildman–Crippen LogP) is 0.571. The van der Waals surface area contributed by atoms with Crippen molar-refractivity contribution in [3.63, 3.8) is 0 Å². The number of ether oxygens (including phenoxy) is 2. The number of hydrogen-bond donors (Lipinski definition) is 1. The summed E-state index contributed by atoms with van der Waals surface area (Å²) in [6, 6.07) is 2.79. The summed E-state index contributed by atoms with van der Waals surface area (Å²) in [6.45, 7) is 1.66. The van der Waals surface area contributed by atoms with Crippen molar-refractivity contribution >= 4 is 11.9 Å². The van der Waals surface area contributed by atoms with Crippen LogP contribution < -0.4 is 0 Å². The van der Waals surface area contributed by atoms with Gasteiger partial charge in [0, 0.05) is 25.1 Å².